The van der Waals surface area contributed by atoms with E-state index in [1.807, 2.05) is 30.5 Å². The fourth-order valence-electron chi connectivity index (χ4n) is 2.18. The van der Waals surface area contributed by atoms with Crippen molar-refractivity contribution in [3.8, 4) is 11.3 Å². The van der Waals surface area contributed by atoms with Gasteiger partial charge in [-0.25, -0.2) is 0 Å². The van der Waals surface area contributed by atoms with Gasteiger partial charge in [-0.3, -0.25) is 4.98 Å². The van der Waals surface area contributed by atoms with Crippen molar-refractivity contribution in [1.82, 2.24) is 4.98 Å². The van der Waals surface area contributed by atoms with E-state index in [0.29, 0.717) is 0 Å². The van der Waals surface area contributed by atoms with E-state index >= 15 is 0 Å². The fraction of sp³-hybridized carbons (Fsp3) is 0.0556. The molecule has 19 heavy (non-hydrogen) atoms. The highest BCUT2D eigenvalue weighted by atomic mass is 14.7. The van der Waals surface area contributed by atoms with E-state index in [-0.39, 0.29) is 0 Å². The molecule has 92 valence electrons. The third-order valence-corrected chi connectivity index (χ3v) is 3.14. The summed E-state index contributed by atoms with van der Waals surface area (Å²) in [6, 6.07) is 25.1. The van der Waals surface area contributed by atoms with Crippen LogP contribution in [0, 0.1) is 0 Å². The molecule has 1 heterocycles. The molecule has 0 saturated heterocycles. The smallest absolute Gasteiger partial charge is 0.0704 e. The molecule has 0 atom stereocenters. The second-order valence-electron chi connectivity index (χ2n) is 4.58. The van der Waals surface area contributed by atoms with Crippen LogP contribution in [-0.4, -0.2) is 4.98 Å². The van der Waals surface area contributed by atoms with Gasteiger partial charge in [-0.1, -0.05) is 60.7 Å². The van der Waals surface area contributed by atoms with Crippen LogP contribution >= 0.6 is 0 Å². The van der Waals surface area contributed by atoms with Gasteiger partial charge >= 0.3 is 0 Å². The van der Waals surface area contributed by atoms with E-state index < -0.39 is 0 Å². The van der Waals surface area contributed by atoms with Crippen LogP contribution < -0.4 is 0 Å². The second kappa shape index (κ2) is 5.49. The number of benzene rings is 2. The van der Waals surface area contributed by atoms with Gasteiger partial charge in [0.25, 0.3) is 0 Å². The van der Waals surface area contributed by atoms with Crippen LogP contribution in [-0.2, 0) is 6.42 Å². The summed E-state index contributed by atoms with van der Waals surface area (Å²) in [5, 5.41) is 0. The normalized spacial score (nSPS) is 10.3. The van der Waals surface area contributed by atoms with Gasteiger partial charge in [0.05, 0.1) is 5.69 Å². The maximum atomic E-state index is 4.45. The number of pyridine rings is 1. The van der Waals surface area contributed by atoms with Crippen molar-refractivity contribution in [2.24, 2.45) is 0 Å². The summed E-state index contributed by atoms with van der Waals surface area (Å²) in [6.45, 7) is 0. The molecule has 0 aliphatic carbocycles. The van der Waals surface area contributed by atoms with Gasteiger partial charge < -0.3 is 0 Å². The lowest BCUT2D eigenvalue weighted by atomic mass is 10.0. The van der Waals surface area contributed by atoms with Gasteiger partial charge in [-0.05, 0) is 29.7 Å². The van der Waals surface area contributed by atoms with Crippen molar-refractivity contribution >= 4 is 0 Å². The standard InChI is InChI=1S/C18H15N/c1-3-7-15(8-4-1)13-16-11-12-19-18(14-16)17-9-5-2-6-10-17/h1-12,14H,13H2. The first-order valence-corrected chi connectivity index (χ1v) is 6.46. The minimum Gasteiger partial charge on any atom is -0.256 e. The zero-order valence-electron chi connectivity index (χ0n) is 10.7. The maximum absolute atomic E-state index is 4.45. The van der Waals surface area contributed by atoms with E-state index in [1.54, 1.807) is 0 Å². The number of nitrogens with zero attached hydrogens (tertiary/aromatic N) is 1. The van der Waals surface area contributed by atoms with Gasteiger partial charge in [0.2, 0.25) is 0 Å². The first-order valence-electron chi connectivity index (χ1n) is 6.46. The van der Waals surface area contributed by atoms with Gasteiger partial charge in [-0.15, -0.1) is 0 Å². The van der Waals surface area contributed by atoms with Crippen LogP contribution in [0.4, 0.5) is 0 Å². The Morgan fingerprint density at radius 2 is 1.37 bits per heavy atom. The first kappa shape index (κ1) is 11.7. The Bertz CT molecular complexity index is 645. The van der Waals surface area contributed by atoms with Crippen LogP contribution in [0.15, 0.2) is 79.0 Å². The summed E-state index contributed by atoms with van der Waals surface area (Å²) in [4.78, 5) is 4.45. The molecule has 0 N–H and O–H groups in total. The van der Waals surface area contributed by atoms with E-state index in [9.17, 15) is 0 Å². The zero-order valence-corrected chi connectivity index (χ0v) is 10.7. The molecule has 1 heteroatoms. The Morgan fingerprint density at radius 1 is 0.684 bits per heavy atom. The molecular weight excluding hydrogens is 230 g/mol. The first-order chi connectivity index (χ1) is 9.42. The average Bonchev–Trinajstić information content (AvgIpc) is 2.49. The van der Waals surface area contributed by atoms with Crippen LogP contribution in [0.5, 0.6) is 0 Å². The summed E-state index contributed by atoms with van der Waals surface area (Å²) in [7, 11) is 0. The number of hydrogen-bond donors (Lipinski definition) is 0. The predicted molar refractivity (Wildman–Crippen MR) is 78.9 cm³/mol. The Kier molecular flexibility index (Phi) is 3.37. The Balaban J connectivity index is 1.89. The van der Waals surface area contributed by atoms with Crippen LogP contribution in [0.3, 0.4) is 0 Å². The molecular formula is C18H15N. The summed E-state index contributed by atoms with van der Waals surface area (Å²) < 4.78 is 0. The molecule has 0 fully saturated rings. The number of hydrogen-bond acceptors (Lipinski definition) is 1. The highest BCUT2D eigenvalue weighted by Crippen LogP contribution is 2.18. The highest BCUT2D eigenvalue weighted by molar-refractivity contribution is 5.59. The third-order valence-electron chi connectivity index (χ3n) is 3.14. The summed E-state index contributed by atoms with van der Waals surface area (Å²) in [5.41, 5.74) is 4.82. The minimum atomic E-state index is 0.948. The molecule has 0 bridgehead atoms. The Labute approximate surface area is 113 Å². The lowest BCUT2D eigenvalue weighted by Crippen LogP contribution is -1.90. The van der Waals surface area contributed by atoms with Crippen molar-refractivity contribution in [1.29, 1.82) is 0 Å². The molecule has 3 aromatic rings. The molecule has 2 aromatic carbocycles. The molecule has 0 saturated carbocycles. The van der Waals surface area contributed by atoms with Gasteiger partial charge in [0.1, 0.15) is 0 Å². The highest BCUT2D eigenvalue weighted by Gasteiger charge is 2.01. The Hall–Kier alpha value is -2.41. The van der Waals surface area contributed by atoms with Gasteiger partial charge in [0, 0.05) is 11.8 Å². The number of rotatable bonds is 3. The molecule has 0 aliphatic rings. The zero-order chi connectivity index (χ0) is 12.9. The van der Waals surface area contributed by atoms with E-state index in [0.717, 1.165) is 17.7 Å². The van der Waals surface area contributed by atoms with Crippen molar-refractivity contribution in [2.75, 3.05) is 0 Å². The maximum Gasteiger partial charge on any atom is 0.0704 e. The predicted octanol–water partition coefficient (Wildman–Crippen LogP) is 4.34. The summed E-state index contributed by atoms with van der Waals surface area (Å²) in [6.07, 6.45) is 2.84. The molecule has 1 nitrogen and oxygen atoms in total. The lowest BCUT2D eigenvalue weighted by molar-refractivity contribution is 1.16. The largest absolute Gasteiger partial charge is 0.256 e. The molecule has 0 unspecified atom stereocenters. The summed E-state index contributed by atoms with van der Waals surface area (Å²) in [5.74, 6) is 0. The topological polar surface area (TPSA) is 12.9 Å². The molecule has 0 amide bonds. The van der Waals surface area contributed by atoms with E-state index in [4.69, 9.17) is 0 Å². The molecule has 0 spiro atoms. The van der Waals surface area contributed by atoms with Crippen molar-refractivity contribution < 1.29 is 0 Å². The average molecular weight is 245 g/mol. The van der Waals surface area contributed by atoms with Crippen molar-refractivity contribution in [3.05, 3.63) is 90.1 Å². The molecule has 1 aromatic heterocycles. The second-order valence-corrected chi connectivity index (χ2v) is 4.58. The van der Waals surface area contributed by atoms with Crippen molar-refractivity contribution in [2.45, 2.75) is 6.42 Å². The quantitative estimate of drug-likeness (QED) is 0.669. The number of aromatic nitrogens is 1. The van der Waals surface area contributed by atoms with E-state index in [2.05, 4.69) is 53.5 Å². The summed E-state index contributed by atoms with van der Waals surface area (Å²) >= 11 is 0. The third kappa shape index (κ3) is 2.89. The Morgan fingerprint density at radius 3 is 2.11 bits per heavy atom. The van der Waals surface area contributed by atoms with Gasteiger partial charge in [-0.2, -0.15) is 0 Å². The monoisotopic (exact) mass is 245 g/mol. The molecule has 3 rings (SSSR count). The van der Waals surface area contributed by atoms with Crippen LogP contribution in [0.1, 0.15) is 11.1 Å². The van der Waals surface area contributed by atoms with E-state index in [1.165, 1.54) is 11.1 Å². The van der Waals surface area contributed by atoms with Crippen LogP contribution in [0.2, 0.25) is 0 Å². The van der Waals surface area contributed by atoms with Crippen molar-refractivity contribution in [3.63, 3.8) is 0 Å². The molecule has 0 radical (unpaired) electrons. The van der Waals surface area contributed by atoms with Crippen LogP contribution in [0.25, 0.3) is 11.3 Å². The molecule has 0 aliphatic heterocycles. The lowest BCUT2D eigenvalue weighted by Gasteiger charge is -2.05. The SMILES string of the molecule is c1ccc(Cc2ccnc(-c3ccccc3)c2)cc1. The van der Waals surface area contributed by atoms with Gasteiger partial charge in [0.15, 0.2) is 0 Å². The fourth-order valence-corrected chi connectivity index (χ4v) is 2.18. The minimum absolute atomic E-state index is 0.948.